The quantitative estimate of drug-likeness (QED) is 0.631. The molecule has 6 nitrogen and oxygen atoms in total. The first kappa shape index (κ1) is 9.40. The highest BCUT2D eigenvalue weighted by molar-refractivity contribution is 6.36. The van der Waals surface area contributed by atoms with E-state index >= 15 is 0 Å². The van der Waals surface area contributed by atoms with Gasteiger partial charge in [0.05, 0.1) is 12.4 Å². The summed E-state index contributed by atoms with van der Waals surface area (Å²) in [6.45, 7) is 0. The SMILES string of the molecule is O=C(O)C(=O)Nc1cnc(Cl)cn1. The standard InChI is InChI=1S/C6H4ClN3O3/c7-3-1-9-4(2-8-3)10-5(11)6(12)13/h1-2H,(H,12,13)(H,9,10,11). The molecule has 0 fully saturated rings. The Hall–Kier alpha value is -1.69. The van der Waals surface area contributed by atoms with Crippen LogP contribution in [-0.4, -0.2) is 27.0 Å². The van der Waals surface area contributed by atoms with E-state index in [0.717, 1.165) is 6.20 Å². The van der Waals surface area contributed by atoms with Crippen molar-refractivity contribution in [3.8, 4) is 0 Å². The van der Waals surface area contributed by atoms with Crippen molar-refractivity contribution in [1.82, 2.24) is 9.97 Å². The molecule has 0 bridgehead atoms. The summed E-state index contributed by atoms with van der Waals surface area (Å²) in [4.78, 5) is 27.9. The molecule has 0 spiro atoms. The maximum atomic E-state index is 10.6. The lowest BCUT2D eigenvalue weighted by Crippen LogP contribution is -2.22. The lowest BCUT2D eigenvalue weighted by atomic mass is 10.5. The minimum atomic E-state index is -1.59. The Morgan fingerprint density at radius 3 is 2.54 bits per heavy atom. The van der Waals surface area contributed by atoms with E-state index in [0.29, 0.717) is 0 Å². The van der Waals surface area contributed by atoms with Gasteiger partial charge in [-0.2, -0.15) is 0 Å². The Morgan fingerprint density at radius 2 is 2.08 bits per heavy atom. The van der Waals surface area contributed by atoms with Crippen LogP contribution in [0.3, 0.4) is 0 Å². The molecule has 0 aliphatic rings. The summed E-state index contributed by atoms with van der Waals surface area (Å²) in [5, 5.41) is 10.4. The van der Waals surface area contributed by atoms with Crippen LogP contribution < -0.4 is 5.32 Å². The van der Waals surface area contributed by atoms with Crippen molar-refractivity contribution in [1.29, 1.82) is 0 Å². The van der Waals surface area contributed by atoms with Crippen LogP contribution in [0.2, 0.25) is 5.15 Å². The van der Waals surface area contributed by atoms with Gasteiger partial charge in [0.2, 0.25) is 0 Å². The van der Waals surface area contributed by atoms with Crippen molar-refractivity contribution in [3.63, 3.8) is 0 Å². The highest BCUT2D eigenvalue weighted by Crippen LogP contribution is 2.04. The maximum absolute atomic E-state index is 10.6. The molecule has 7 heteroatoms. The second-order valence-electron chi connectivity index (χ2n) is 1.98. The fourth-order valence-electron chi connectivity index (χ4n) is 0.547. The van der Waals surface area contributed by atoms with Gasteiger partial charge >= 0.3 is 11.9 Å². The Kier molecular flexibility index (Phi) is 2.76. The molecule has 13 heavy (non-hydrogen) atoms. The average Bonchev–Trinajstić information content (AvgIpc) is 2.08. The summed E-state index contributed by atoms with van der Waals surface area (Å²) in [6.07, 6.45) is 2.35. The second-order valence-corrected chi connectivity index (χ2v) is 2.37. The molecule has 0 unspecified atom stereocenters. The molecule has 0 radical (unpaired) electrons. The number of anilines is 1. The summed E-state index contributed by atoms with van der Waals surface area (Å²) in [7, 11) is 0. The number of amides is 1. The Labute approximate surface area is 77.6 Å². The predicted octanol–water partition coefficient (Wildman–Crippen LogP) is 0.153. The Balaban J connectivity index is 2.70. The summed E-state index contributed by atoms with van der Waals surface area (Å²) >= 11 is 5.41. The maximum Gasteiger partial charge on any atom is 0.394 e. The second kappa shape index (κ2) is 3.81. The first-order valence-corrected chi connectivity index (χ1v) is 3.49. The van der Waals surface area contributed by atoms with Crippen molar-refractivity contribution in [2.24, 2.45) is 0 Å². The van der Waals surface area contributed by atoms with Gasteiger partial charge in [0.25, 0.3) is 0 Å². The average molecular weight is 202 g/mol. The van der Waals surface area contributed by atoms with Gasteiger partial charge in [-0.05, 0) is 0 Å². The van der Waals surface area contributed by atoms with E-state index in [1.807, 2.05) is 5.32 Å². The van der Waals surface area contributed by atoms with Gasteiger partial charge in [0.1, 0.15) is 5.15 Å². The first-order chi connectivity index (χ1) is 6.09. The number of carboxylic acids is 1. The van der Waals surface area contributed by atoms with E-state index in [2.05, 4.69) is 9.97 Å². The van der Waals surface area contributed by atoms with Gasteiger partial charge in [-0.3, -0.25) is 10.1 Å². The zero-order valence-electron chi connectivity index (χ0n) is 6.19. The van der Waals surface area contributed by atoms with Crippen LogP contribution in [0.15, 0.2) is 12.4 Å². The molecule has 0 aliphatic carbocycles. The van der Waals surface area contributed by atoms with Crippen molar-refractivity contribution >= 4 is 29.3 Å². The monoisotopic (exact) mass is 201 g/mol. The van der Waals surface area contributed by atoms with Crippen LogP contribution in [0.25, 0.3) is 0 Å². The van der Waals surface area contributed by atoms with Crippen molar-refractivity contribution in [2.45, 2.75) is 0 Å². The highest BCUT2D eigenvalue weighted by atomic mass is 35.5. The predicted molar refractivity (Wildman–Crippen MR) is 43.3 cm³/mol. The van der Waals surface area contributed by atoms with Crippen LogP contribution in [0.4, 0.5) is 5.82 Å². The van der Waals surface area contributed by atoms with Gasteiger partial charge in [-0.1, -0.05) is 11.6 Å². The minimum Gasteiger partial charge on any atom is -0.474 e. The van der Waals surface area contributed by atoms with Crippen LogP contribution in [0.1, 0.15) is 0 Å². The third-order valence-corrected chi connectivity index (χ3v) is 1.25. The van der Waals surface area contributed by atoms with E-state index < -0.39 is 11.9 Å². The first-order valence-electron chi connectivity index (χ1n) is 3.11. The minimum absolute atomic E-state index is 0.0387. The summed E-state index contributed by atoms with van der Waals surface area (Å²) < 4.78 is 0. The number of hydrogen-bond donors (Lipinski definition) is 2. The number of hydrogen-bond acceptors (Lipinski definition) is 4. The molecule has 0 saturated heterocycles. The normalized spacial score (nSPS) is 9.31. The van der Waals surface area contributed by atoms with Gasteiger partial charge in [-0.25, -0.2) is 14.8 Å². The number of carbonyl (C=O) groups is 2. The molecule has 2 N–H and O–H groups in total. The number of aromatic nitrogens is 2. The van der Waals surface area contributed by atoms with Gasteiger partial charge in [0, 0.05) is 0 Å². The number of halogens is 1. The van der Waals surface area contributed by atoms with Crippen LogP contribution in [0, 0.1) is 0 Å². The molecular weight excluding hydrogens is 198 g/mol. The molecule has 1 amide bonds. The van der Waals surface area contributed by atoms with E-state index in [1.54, 1.807) is 0 Å². The molecule has 1 heterocycles. The third-order valence-electron chi connectivity index (χ3n) is 1.06. The fraction of sp³-hybridized carbons (Fsp3) is 0. The topological polar surface area (TPSA) is 92.2 Å². The molecule has 0 aromatic carbocycles. The largest absolute Gasteiger partial charge is 0.474 e. The molecule has 68 valence electrons. The Bertz CT molecular complexity index is 337. The van der Waals surface area contributed by atoms with Crippen LogP contribution >= 0.6 is 11.6 Å². The lowest BCUT2D eigenvalue weighted by molar-refractivity contribution is -0.147. The van der Waals surface area contributed by atoms with Gasteiger partial charge < -0.3 is 5.11 Å². The Morgan fingerprint density at radius 1 is 1.38 bits per heavy atom. The number of carbonyl (C=O) groups excluding carboxylic acids is 1. The fourth-order valence-corrected chi connectivity index (χ4v) is 0.644. The van der Waals surface area contributed by atoms with Crippen molar-refractivity contribution < 1.29 is 14.7 Å². The summed E-state index contributed by atoms with van der Waals surface area (Å²) in [5.74, 6) is -2.72. The molecule has 1 aromatic heterocycles. The van der Waals surface area contributed by atoms with E-state index in [4.69, 9.17) is 16.7 Å². The molecular formula is C6H4ClN3O3. The molecule has 1 aromatic rings. The van der Waals surface area contributed by atoms with Crippen LogP contribution in [-0.2, 0) is 9.59 Å². The van der Waals surface area contributed by atoms with Crippen molar-refractivity contribution in [2.75, 3.05) is 5.32 Å². The lowest BCUT2D eigenvalue weighted by Gasteiger charge is -1.98. The number of nitrogens with zero attached hydrogens (tertiary/aromatic N) is 2. The summed E-state index contributed by atoms with van der Waals surface area (Å²) in [6, 6.07) is 0. The number of carboxylic acid groups (broad SMARTS) is 1. The van der Waals surface area contributed by atoms with E-state index in [-0.39, 0.29) is 11.0 Å². The highest BCUT2D eigenvalue weighted by Gasteiger charge is 2.11. The van der Waals surface area contributed by atoms with Gasteiger partial charge in [-0.15, -0.1) is 0 Å². The number of aliphatic carboxylic acids is 1. The zero-order valence-corrected chi connectivity index (χ0v) is 6.95. The molecule has 0 aliphatic heterocycles. The molecule has 0 atom stereocenters. The number of nitrogens with one attached hydrogen (secondary N) is 1. The van der Waals surface area contributed by atoms with Crippen molar-refractivity contribution in [3.05, 3.63) is 17.5 Å². The zero-order chi connectivity index (χ0) is 9.84. The van der Waals surface area contributed by atoms with Gasteiger partial charge in [0.15, 0.2) is 5.82 Å². The third kappa shape index (κ3) is 2.68. The van der Waals surface area contributed by atoms with Crippen LogP contribution in [0.5, 0.6) is 0 Å². The van der Waals surface area contributed by atoms with E-state index in [9.17, 15) is 9.59 Å². The summed E-state index contributed by atoms with van der Waals surface area (Å²) in [5.41, 5.74) is 0. The van der Waals surface area contributed by atoms with E-state index in [1.165, 1.54) is 6.20 Å². The molecule has 0 saturated carbocycles. The smallest absolute Gasteiger partial charge is 0.394 e. The number of rotatable bonds is 1. The molecule has 1 rings (SSSR count).